The van der Waals surface area contributed by atoms with Gasteiger partial charge in [-0.3, -0.25) is 10.1 Å². The Bertz CT molecular complexity index is 500. The summed E-state index contributed by atoms with van der Waals surface area (Å²) in [6.07, 6.45) is 0.460. The number of nitrogens with one attached hydrogen (secondary N) is 2. The molecule has 1 aromatic carbocycles. The van der Waals surface area contributed by atoms with Crippen molar-refractivity contribution in [1.82, 2.24) is 10.6 Å². The maximum Gasteiger partial charge on any atom is 0.322 e. The van der Waals surface area contributed by atoms with E-state index in [0.29, 0.717) is 6.42 Å². The van der Waals surface area contributed by atoms with Crippen LogP contribution in [0.2, 0.25) is 0 Å². The normalized spacial score (nSPS) is 31.4. The average Bonchev–Trinajstić information content (AvgIpc) is 2.69. The quantitative estimate of drug-likeness (QED) is 0.527. The molecular weight excluding hydrogens is 206 g/mol. The molecule has 4 N–H and O–H groups in total. The third-order valence-electron chi connectivity index (χ3n) is 3.36. The minimum Gasteiger partial charge on any atom is -0.322 e. The molecule has 1 aromatic rings. The van der Waals surface area contributed by atoms with Crippen molar-refractivity contribution in [2.75, 3.05) is 0 Å². The van der Waals surface area contributed by atoms with Crippen molar-refractivity contribution in [2.45, 2.75) is 18.0 Å². The number of urea groups is 1. The Kier molecular flexibility index (Phi) is 1.65. The van der Waals surface area contributed by atoms with Crippen LogP contribution in [0, 0.1) is 0 Å². The third kappa shape index (κ3) is 0.979. The minimum atomic E-state index is -0.985. The average molecular weight is 217 g/mol. The molecule has 16 heavy (non-hydrogen) atoms. The largest absolute Gasteiger partial charge is 0.322 e. The van der Waals surface area contributed by atoms with Gasteiger partial charge in [0.1, 0.15) is 5.54 Å². The van der Waals surface area contributed by atoms with Crippen LogP contribution in [0.4, 0.5) is 4.79 Å². The van der Waals surface area contributed by atoms with Gasteiger partial charge >= 0.3 is 6.03 Å². The molecule has 1 aliphatic carbocycles. The lowest BCUT2D eigenvalue weighted by atomic mass is 9.92. The summed E-state index contributed by atoms with van der Waals surface area (Å²) in [6, 6.07) is 6.67. The molecule has 0 aromatic heterocycles. The highest BCUT2D eigenvalue weighted by Gasteiger charge is 2.55. The highest BCUT2D eigenvalue weighted by atomic mass is 16.2. The van der Waals surface area contributed by atoms with Gasteiger partial charge in [0, 0.05) is 6.42 Å². The van der Waals surface area contributed by atoms with Crippen molar-refractivity contribution in [2.24, 2.45) is 5.73 Å². The standard InChI is InChI=1S/C11H11N3O2/c12-8-7-4-2-1-3-6(7)5-11(8)9(15)13-10(16)14-11/h1-4,8H,5,12H2,(H2,13,14,15,16). The van der Waals surface area contributed by atoms with Gasteiger partial charge in [-0.2, -0.15) is 0 Å². The Morgan fingerprint density at radius 3 is 2.69 bits per heavy atom. The molecule has 1 aliphatic heterocycles. The zero-order valence-corrected chi connectivity index (χ0v) is 8.49. The Hall–Kier alpha value is -1.88. The molecule has 5 heteroatoms. The van der Waals surface area contributed by atoms with Crippen LogP contribution in [-0.2, 0) is 11.2 Å². The second-order valence-electron chi connectivity index (χ2n) is 4.23. The molecule has 0 bridgehead atoms. The summed E-state index contributed by atoms with van der Waals surface area (Å²) in [4.78, 5) is 23.0. The Morgan fingerprint density at radius 2 is 2.06 bits per heavy atom. The molecule has 1 heterocycles. The molecule has 2 atom stereocenters. The summed E-state index contributed by atoms with van der Waals surface area (Å²) in [6.45, 7) is 0. The first-order chi connectivity index (χ1) is 7.63. The van der Waals surface area contributed by atoms with E-state index in [0.717, 1.165) is 11.1 Å². The first kappa shape index (κ1) is 9.35. The van der Waals surface area contributed by atoms with Crippen LogP contribution in [0.1, 0.15) is 17.2 Å². The van der Waals surface area contributed by atoms with Crippen molar-refractivity contribution in [3.63, 3.8) is 0 Å². The highest BCUT2D eigenvalue weighted by molar-refractivity contribution is 6.08. The zero-order valence-electron chi connectivity index (χ0n) is 8.49. The lowest BCUT2D eigenvalue weighted by Crippen LogP contribution is -2.53. The van der Waals surface area contributed by atoms with Crippen molar-refractivity contribution in [3.8, 4) is 0 Å². The molecule has 1 fully saturated rings. The van der Waals surface area contributed by atoms with Crippen molar-refractivity contribution in [1.29, 1.82) is 0 Å². The fourth-order valence-electron chi connectivity index (χ4n) is 2.52. The number of rotatable bonds is 0. The van der Waals surface area contributed by atoms with Gasteiger partial charge < -0.3 is 11.1 Å². The third-order valence-corrected chi connectivity index (χ3v) is 3.36. The Morgan fingerprint density at radius 1 is 1.31 bits per heavy atom. The lowest BCUT2D eigenvalue weighted by Gasteiger charge is -2.24. The first-order valence-electron chi connectivity index (χ1n) is 5.10. The van der Waals surface area contributed by atoms with E-state index >= 15 is 0 Å². The van der Waals surface area contributed by atoms with Crippen molar-refractivity contribution < 1.29 is 9.59 Å². The number of fused-ring (bicyclic) bond motifs is 1. The van der Waals surface area contributed by atoms with E-state index in [1.54, 1.807) is 0 Å². The van der Waals surface area contributed by atoms with Crippen LogP contribution in [0.15, 0.2) is 24.3 Å². The van der Waals surface area contributed by atoms with Crippen LogP contribution in [-0.4, -0.2) is 17.5 Å². The maximum absolute atomic E-state index is 11.8. The molecule has 0 radical (unpaired) electrons. The molecule has 3 rings (SSSR count). The number of benzene rings is 1. The number of hydrogen-bond donors (Lipinski definition) is 3. The molecule has 2 unspecified atom stereocenters. The van der Waals surface area contributed by atoms with Crippen LogP contribution < -0.4 is 16.4 Å². The number of carbonyl (C=O) groups excluding carboxylic acids is 2. The predicted molar refractivity (Wildman–Crippen MR) is 56.5 cm³/mol. The summed E-state index contributed by atoms with van der Waals surface area (Å²) >= 11 is 0. The van der Waals surface area contributed by atoms with Crippen LogP contribution >= 0.6 is 0 Å². The second kappa shape index (κ2) is 2.82. The summed E-state index contributed by atoms with van der Waals surface area (Å²) in [5, 5.41) is 4.90. The molecule has 0 saturated carbocycles. The van der Waals surface area contributed by atoms with E-state index in [9.17, 15) is 9.59 Å². The molecule has 5 nitrogen and oxygen atoms in total. The van der Waals surface area contributed by atoms with Crippen molar-refractivity contribution >= 4 is 11.9 Å². The monoisotopic (exact) mass is 217 g/mol. The Balaban J connectivity index is 2.10. The second-order valence-corrected chi connectivity index (χ2v) is 4.23. The number of nitrogens with two attached hydrogens (primary N) is 1. The van der Waals surface area contributed by atoms with Crippen LogP contribution in [0.5, 0.6) is 0 Å². The number of hydrogen-bond acceptors (Lipinski definition) is 3. The van der Waals surface area contributed by atoms with Crippen LogP contribution in [0.25, 0.3) is 0 Å². The number of imide groups is 1. The highest BCUT2D eigenvalue weighted by Crippen LogP contribution is 2.39. The minimum absolute atomic E-state index is 0.332. The number of carbonyl (C=O) groups is 2. The summed E-state index contributed by atoms with van der Waals surface area (Å²) in [5.74, 6) is -0.332. The lowest BCUT2D eigenvalue weighted by molar-refractivity contribution is -0.124. The molecule has 1 saturated heterocycles. The predicted octanol–water partition coefficient (Wildman–Crippen LogP) is -0.179. The summed E-state index contributed by atoms with van der Waals surface area (Å²) in [5.41, 5.74) is 7.03. The summed E-state index contributed by atoms with van der Waals surface area (Å²) < 4.78 is 0. The van der Waals surface area contributed by atoms with Gasteiger partial charge in [0.05, 0.1) is 6.04 Å². The zero-order chi connectivity index (χ0) is 11.3. The molecule has 1 spiro atoms. The van der Waals surface area contributed by atoms with Gasteiger partial charge in [0.25, 0.3) is 5.91 Å². The number of amides is 3. The first-order valence-corrected chi connectivity index (χ1v) is 5.10. The molecule has 82 valence electrons. The van der Waals surface area contributed by atoms with Gasteiger partial charge in [0.2, 0.25) is 0 Å². The Labute approximate surface area is 92.0 Å². The summed E-state index contributed by atoms with van der Waals surface area (Å²) in [7, 11) is 0. The fraction of sp³-hybridized carbons (Fsp3) is 0.273. The van der Waals surface area contributed by atoms with Gasteiger partial charge in [-0.15, -0.1) is 0 Å². The smallest absolute Gasteiger partial charge is 0.322 e. The molecule has 3 amide bonds. The van der Waals surface area contributed by atoms with Crippen LogP contribution in [0.3, 0.4) is 0 Å². The van der Waals surface area contributed by atoms with Crippen molar-refractivity contribution in [3.05, 3.63) is 35.4 Å². The van der Waals surface area contributed by atoms with E-state index < -0.39 is 17.6 Å². The maximum atomic E-state index is 11.8. The fourth-order valence-corrected chi connectivity index (χ4v) is 2.52. The molecular formula is C11H11N3O2. The van der Waals surface area contributed by atoms with E-state index in [2.05, 4.69) is 10.6 Å². The van der Waals surface area contributed by atoms with Gasteiger partial charge in [-0.05, 0) is 11.1 Å². The topological polar surface area (TPSA) is 84.2 Å². The van der Waals surface area contributed by atoms with E-state index in [4.69, 9.17) is 5.73 Å². The van der Waals surface area contributed by atoms with Gasteiger partial charge in [-0.25, -0.2) is 4.79 Å². The van der Waals surface area contributed by atoms with E-state index in [1.807, 2.05) is 24.3 Å². The molecule has 2 aliphatic rings. The SMILES string of the molecule is NC1c2ccccc2CC12NC(=O)NC2=O. The van der Waals surface area contributed by atoms with E-state index in [-0.39, 0.29) is 5.91 Å². The van der Waals surface area contributed by atoms with E-state index in [1.165, 1.54) is 0 Å². The van der Waals surface area contributed by atoms with Gasteiger partial charge in [0.15, 0.2) is 0 Å². The van der Waals surface area contributed by atoms with Gasteiger partial charge in [-0.1, -0.05) is 24.3 Å².